The number of benzene rings is 2. The van der Waals surface area contributed by atoms with Gasteiger partial charge >= 0.3 is 0 Å². The van der Waals surface area contributed by atoms with Crippen molar-refractivity contribution < 1.29 is 26.8 Å². The zero-order chi connectivity index (χ0) is 25.4. The van der Waals surface area contributed by atoms with E-state index in [0.29, 0.717) is 21.4 Å². The number of hydrogen-bond acceptors (Lipinski definition) is 4. The third-order valence-corrected chi connectivity index (χ3v) is 6.56. The number of rotatable bonds is 3. The number of thiocarbonyl (C=S) groups is 1. The van der Waals surface area contributed by atoms with Gasteiger partial charge in [0.15, 0.2) is 34.1 Å². The second-order valence-electron chi connectivity index (χ2n) is 7.44. The highest BCUT2D eigenvalue weighted by Gasteiger charge is 2.30. The van der Waals surface area contributed by atoms with E-state index >= 15 is 0 Å². The predicted octanol–water partition coefficient (Wildman–Crippen LogP) is 6.30. The normalized spacial score (nSPS) is 13.8. The highest BCUT2D eigenvalue weighted by molar-refractivity contribution is 7.80. The lowest BCUT2D eigenvalue weighted by atomic mass is 10.2. The maximum Gasteiger partial charge on any atom is 0.293 e. The molecule has 1 aliphatic heterocycles. The van der Waals surface area contributed by atoms with E-state index in [1.165, 1.54) is 6.07 Å². The van der Waals surface area contributed by atoms with E-state index in [9.17, 15) is 22.4 Å². The van der Waals surface area contributed by atoms with Gasteiger partial charge in [-0.15, -0.1) is 0 Å². The standard InChI is InChI=1S/C22H14Cl3F4N3O2S/c23-10-1-2-11(12(24)9-10)13-3-4-14(34-13)21(33)30-22(35)32-7-5-31(6-8-32)20-18(28)16(26)15(25)17(27)19(20)29/h1-4,9H,5-8H2,(H,30,33,35). The van der Waals surface area contributed by atoms with Gasteiger partial charge in [0.05, 0.1) is 5.02 Å². The smallest absolute Gasteiger partial charge is 0.293 e. The number of carbonyl (C=O) groups is 1. The lowest BCUT2D eigenvalue weighted by molar-refractivity contribution is 0.0946. The van der Waals surface area contributed by atoms with Crippen molar-refractivity contribution in [2.45, 2.75) is 0 Å². The first-order valence-electron chi connectivity index (χ1n) is 10.0. The van der Waals surface area contributed by atoms with Gasteiger partial charge in [-0.25, -0.2) is 17.6 Å². The molecule has 0 bridgehead atoms. The minimum absolute atomic E-state index is 0.0235. The van der Waals surface area contributed by atoms with E-state index in [1.807, 2.05) is 0 Å². The number of piperazine rings is 1. The summed E-state index contributed by atoms with van der Waals surface area (Å²) in [6.07, 6.45) is 0. The van der Waals surface area contributed by atoms with Crippen LogP contribution in [0.5, 0.6) is 0 Å². The number of furan rings is 1. The first-order chi connectivity index (χ1) is 16.6. The van der Waals surface area contributed by atoms with Gasteiger partial charge in [0.2, 0.25) is 0 Å². The molecule has 0 aliphatic carbocycles. The van der Waals surface area contributed by atoms with Gasteiger partial charge in [-0.1, -0.05) is 34.8 Å². The summed E-state index contributed by atoms with van der Waals surface area (Å²) in [6.45, 7) is 0.190. The molecule has 3 aromatic rings. The maximum atomic E-state index is 14.2. The molecule has 1 aromatic heterocycles. The average Bonchev–Trinajstić information content (AvgIpc) is 3.32. The molecule has 2 aromatic carbocycles. The van der Waals surface area contributed by atoms with Crippen LogP contribution in [-0.4, -0.2) is 42.1 Å². The average molecular weight is 567 g/mol. The van der Waals surface area contributed by atoms with Crippen LogP contribution in [0, 0.1) is 23.3 Å². The minimum atomic E-state index is -1.66. The van der Waals surface area contributed by atoms with E-state index in [-0.39, 0.29) is 37.1 Å². The van der Waals surface area contributed by atoms with Gasteiger partial charge in [-0.05, 0) is 42.5 Å². The molecule has 5 nitrogen and oxygen atoms in total. The molecule has 1 aliphatic rings. The van der Waals surface area contributed by atoms with Crippen molar-refractivity contribution in [2.24, 2.45) is 0 Å². The molecule has 0 unspecified atom stereocenters. The fraction of sp³-hybridized carbons (Fsp3) is 0.182. The first kappa shape index (κ1) is 25.6. The molecule has 1 saturated heterocycles. The Balaban J connectivity index is 1.40. The Morgan fingerprint density at radius 2 is 1.54 bits per heavy atom. The molecule has 0 spiro atoms. The number of nitrogens with one attached hydrogen (secondary N) is 1. The number of carbonyl (C=O) groups excluding carboxylic acids is 1. The summed E-state index contributed by atoms with van der Waals surface area (Å²) in [6, 6.07) is 7.84. The molecule has 2 heterocycles. The molecule has 0 radical (unpaired) electrons. The third-order valence-electron chi connectivity index (χ3n) is 5.32. The SMILES string of the molecule is O=C(NC(=S)N1CCN(c2c(F)c(F)c(Cl)c(F)c2F)CC1)c1ccc(-c2ccc(Cl)cc2Cl)o1. The van der Waals surface area contributed by atoms with Crippen LogP contribution in [0.25, 0.3) is 11.3 Å². The molecule has 13 heteroatoms. The molecule has 1 fully saturated rings. The Kier molecular flexibility index (Phi) is 7.46. The first-order valence-corrected chi connectivity index (χ1v) is 11.5. The summed E-state index contributed by atoms with van der Waals surface area (Å²) in [7, 11) is 0. The lowest BCUT2D eigenvalue weighted by Gasteiger charge is -2.37. The van der Waals surface area contributed by atoms with Gasteiger partial charge in [0.25, 0.3) is 5.91 Å². The fourth-order valence-electron chi connectivity index (χ4n) is 3.54. The minimum Gasteiger partial charge on any atom is -0.451 e. The van der Waals surface area contributed by atoms with Gasteiger partial charge in [0, 0.05) is 36.8 Å². The van der Waals surface area contributed by atoms with Crippen LogP contribution >= 0.6 is 47.0 Å². The van der Waals surface area contributed by atoms with E-state index in [1.54, 1.807) is 29.2 Å². The van der Waals surface area contributed by atoms with Gasteiger partial charge in [-0.3, -0.25) is 10.1 Å². The summed E-state index contributed by atoms with van der Waals surface area (Å²) in [4.78, 5) is 15.3. The van der Waals surface area contributed by atoms with Gasteiger partial charge in [-0.2, -0.15) is 0 Å². The summed E-state index contributed by atoms with van der Waals surface area (Å²) in [5, 5.41) is 2.12. The summed E-state index contributed by atoms with van der Waals surface area (Å²) in [5.41, 5.74) is -0.300. The fourth-order valence-corrected chi connectivity index (χ4v) is 4.48. The van der Waals surface area contributed by atoms with Crippen molar-refractivity contribution in [3.8, 4) is 11.3 Å². The Hall–Kier alpha value is -2.53. The number of anilines is 1. The van der Waals surface area contributed by atoms with E-state index in [4.69, 9.17) is 51.4 Å². The van der Waals surface area contributed by atoms with Crippen LogP contribution < -0.4 is 10.2 Å². The van der Waals surface area contributed by atoms with E-state index in [2.05, 4.69) is 5.32 Å². The Morgan fingerprint density at radius 1 is 0.914 bits per heavy atom. The van der Waals surface area contributed by atoms with Crippen molar-refractivity contribution in [3.05, 3.63) is 74.4 Å². The van der Waals surface area contributed by atoms with Crippen LogP contribution in [0.3, 0.4) is 0 Å². The second-order valence-corrected chi connectivity index (χ2v) is 9.05. The van der Waals surface area contributed by atoms with E-state index in [0.717, 1.165) is 4.90 Å². The predicted molar refractivity (Wildman–Crippen MR) is 129 cm³/mol. The number of nitrogens with zero attached hydrogens (tertiary/aromatic N) is 2. The molecule has 0 saturated carbocycles. The molecule has 184 valence electrons. The van der Waals surface area contributed by atoms with Crippen LogP contribution in [0.1, 0.15) is 10.6 Å². The molecule has 4 rings (SSSR count). The molecule has 1 N–H and O–H groups in total. The van der Waals surface area contributed by atoms with Crippen molar-refractivity contribution in [2.75, 3.05) is 31.1 Å². The Labute approximate surface area is 217 Å². The quantitative estimate of drug-likeness (QED) is 0.175. The van der Waals surface area contributed by atoms with Crippen molar-refractivity contribution in [3.63, 3.8) is 0 Å². The van der Waals surface area contributed by atoms with E-state index < -0.39 is 39.9 Å². The molecule has 1 amide bonds. The van der Waals surface area contributed by atoms with Crippen LogP contribution in [0.15, 0.2) is 34.7 Å². The number of halogens is 7. The largest absolute Gasteiger partial charge is 0.451 e. The van der Waals surface area contributed by atoms with Crippen LogP contribution in [0.4, 0.5) is 23.2 Å². The third kappa shape index (κ3) is 5.06. The number of hydrogen-bond donors (Lipinski definition) is 1. The molecule has 35 heavy (non-hydrogen) atoms. The van der Waals surface area contributed by atoms with Crippen molar-refractivity contribution in [1.29, 1.82) is 0 Å². The second kappa shape index (κ2) is 10.2. The number of amides is 1. The Bertz CT molecular complexity index is 1300. The molecule has 0 atom stereocenters. The van der Waals surface area contributed by atoms with Crippen LogP contribution in [0.2, 0.25) is 15.1 Å². The van der Waals surface area contributed by atoms with Crippen molar-refractivity contribution in [1.82, 2.24) is 10.2 Å². The molecular formula is C22H14Cl3F4N3O2S. The highest BCUT2D eigenvalue weighted by atomic mass is 35.5. The lowest BCUT2D eigenvalue weighted by Crippen LogP contribution is -2.53. The monoisotopic (exact) mass is 565 g/mol. The Morgan fingerprint density at radius 3 is 2.14 bits per heavy atom. The molecular weight excluding hydrogens is 553 g/mol. The summed E-state index contributed by atoms with van der Waals surface area (Å²) >= 11 is 22.6. The topological polar surface area (TPSA) is 48.7 Å². The van der Waals surface area contributed by atoms with Crippen LogP contribution in [-0.2, 0) is 0 Å². The maximum absolute atomic E-state index is 14.2. The highest BCUT2D eigenvalue weighted by Crippen LogP contribution is 2.34. The zero-order valence-corrected chi connectivity index (χ0v) is 20.6. The summed E-state index contributed by atoms with van der Waals surface area (Å²) < 4.78 is 61.7. The van der Waals surface area contributed by atoms with Crippen molar-refractivity contribution >= 4 is 63.7 Å². The summed E-state index contributed by atoms with van der Waals surface area (Å²) in [5.74, 6) is -6.77. The van der Waals surface area contributed by atoms with Gasteiger partial charge < -0.3 is 14.2 Å². The van der Waals surface area contributed by atoms with Gasteiger partial charge in [0.1, 0.15) is 16.5 Å². The zero-order valence-electron chi connectivity index (χ0n) is 17.5.